The van der Waals surface area contributed by atoms with Crippen molar-refractivity contribution in [2.45, 2.75) is 26.2 Å². The molecule has 4 heteroatoms. The van der Waals surface area contributed by atoms with Crippen molar-refractivity contribution in [3.63, 3.8) is 0 Å². The zero-order valence-corrected chi connectivity index (χ0v) is 10.9. The minimum absolute atomic E-state index is 0.00833. The molecule has 18 heavy (non-hydrogen) atoms. The number of esters is 1. The fraction of sp³-hybridized carbons (Fsp3) is 0.429. The molecule has 0 radical (unpaired) electrons. The number of nitrogens with zero attached hydrogens (tertiary/aromatic N) is 1. The van der Waals surface area contributed by atoms with Gasteiger partial charge in [0.25, 0.3) is 0 Å². The summed E-state index contributed by atoms with van der Waals surface area (Å²) in [7, 11) is 0. The van der Waals surface area contributed by atoms with Gasteiger partial charge in [-0.3, -0.25) is 9.59 Å². The number of fused-ring (bicyclic) bond motifs is 1. The zero-order valence-electron chi connectivity index (χ0n) is 10.9. The van der Waals surface area contributed by atoms with Crippen molar-refractivity contribution in [3.05, 3.63) is 29.8 Å². The maximum Gasteiger partial charge on any atom is 0.302 e. The maximum absolute atomic E-state index is 11.7. The predicted molar refractivity (Wildman–Crippen MR) is 68.5 cm³/mol. The summed E-state index contributed by atoms with van der Waals surface area (Å²) < 4.78 is 5.14. The number of hydrogen-bond donors (Lipinski definition) is 0. The van der Waals surface area contributed by atoms with Crippen LogP contribution in [-0.2, 0) is 19.7 Å². The van der Waals surface area contributed by atoms with Crippen LogP contribution in [0.15, 0.2) is 24.3 Å². The molecule has 0 fully saturated rings. The number of para-hydroxylation sites is 1. The highest BCUT2D eigenvalue weighted by atomic mass is 16.5. The minimum Gasteiger partial charge on any atom is -0.465 e. The van der Waals surface area contributed by atoms with E-state index in [-0.39, 0.29) is 17.3 Å². The lowest BCUT2D eigenvalue weighted by Gasteiger charge is -2.24. The molecule has 1 unspecified atom stereocenters. The third-order valence-corrected chi connectivity index (χ3v) is 3.33. The van der Waals surface area contributed by atoms with Gasteiger partial charge in [-0.25, -0.2) is 0 Å². The average molecular weight is 247 g/mol. The van der Waals surface area contributed by atoms with Crippen molar-refractivity contribution in [2.24, 2.45) is 0 Å². The van der Waals surface area contributed by atoms with Gasteiger partial charge in [0.15, 0.2) is 0 Å². The molecule has 1 aliphatic rings. The monoisotopic (exact) mass is 247 g/mol. The van der Waals surface area contributed by atoms with E-state index in [4.69, 9.17) is 4.74 Å². The van der Waals surface area contributed by atoms with Crippen molar-refractivity contribution >= 4 is 17.6 Å². The Bertz CT molecular complexity index is 498. The van der Waals surface area contributed by atoms with E-state index in [2.05, 4.69) is 0 Å². The van der Waals surface area contributed by atoms with E-state index in [1.165, 1.54) is 6.92 Å². The molecule has 0 saturated heterocycles. The number of carbonyl (C=O) groups is 2. The van der Waals surface area contributed by atoms with Gasteiger partial charge in [0, 0.05) is 31.5 Å². The molecule has 0 aliphatic carbocycles. The van der Waals surface area contributed by atoms with Gasteiger partial charge < -0.3 is 9.64 Å². The van der Waals surface area contributed by atoms with Crippen molar-refractivity contribution in [1.82, 2.24) is 0 Å². The van der Waals surface area contributed by atoms with Crippen molar-refractivity contribution in [2.75, 3.05) is 18.1 Å². The van der Waals surface area contributed by atoms with E-state index in [9.17, 15) is 9.59 Å². The number of amides is 1. The first kappa shape index (κ1) is 12.6. The predicted octanol–water partition coefficient (Wildman–Crippen LogP) is 1.87. The van der Waals surface area contributed by atoms with Gasteiger partial charge in [0.2, 0.25) is 5.91 Å². The van der Waals surface area contributed by atoms with Gasteiger partial charge in [0.1, 0.15) is 6.61 Å². The first-order valence-electron chi connectivity index (χ1n) is 5.95. The average Bonchev–Trinajstić information content (AvgIpc) is 2.62. The lowest BCUT2D eigenvalue weighted by atomic mass is 9.85. The highest BCUT2D eigenvalue weighted by Crippen LogP contribution is 2.40. The van der Waals surface area contributed by atoms with Gasteiger partial charge in [-0.2, -0.15) is 0 Å². The molecule has 0 spiro atoms. The second kappa shape index (κ2) is 4.44. The Morgan fingerprint density at radius 1 is 1.33 bits per heavy atom. The fourth-order valence-electron chi connectivity index (χ4n) is 2.40. The maximum atomic E-state index is 11.7. The third kappa shape index (κ3) is 2.10. The molecule has 1 aliphatic heterocycles. The van der Waals surface area contributed by atoms with Crippen LogP contribution in [-0.4, -0.2) is 25.0 Å². The van der Waals surface area contributed by atoms with Crippen LogP contribution in [0.4, 0.5) is 5.69 Å². The Morgan fingerprint density at radius 3 is 2.61 bits per heavy atom. The molecule has 0 N–H and O–H groups in total. The molecule has 96 valence electrons. The van der Waals surface area contributed by atoms with Crippen LogP contribution >= 0.6 is 0 Å². The smallest absolute Gasteiger partial charge is 0.302 e. The largest absolute Gasteiger partial charge is 0.465 e. The Balaban J connectivity index is 2.35. The summed E-state index contributed by atoms with van der Waals surface area (Å²) in [4.78, 5) is 24.4. The lowest BCUT2D eigenvalue weighted by Crippen LogP contribution is -2.37. The van der Waals surface area contributed by atoms with Gasteiger partial charge in [0.05, 0.1) is 0 Å². The highest BCUT2D eigenvalue weighted by Gasteiger charge is 2.41. The van der Waals surface area contributed by atoms with Crippen molar-refractivity contribution in [3.8, 4) is 0 Å². The first-order chi connectivity index (χ1) is 8.44. The van der Waals surface area contributed by atoms with Crippen LogP contribution in [0.1, 0.15) is 26.3 Å². The van der Waals surface area contributed by atoms with E-state index in [0.717, 1.165) is 11.3 Å². The molecule has 4 nitrogen and oxygen atoms in total. The summed E-state index contributed by atoms with van der Waals surface area (Å²) in [6.45, 7) is 5.80. The summed E-state index contributed by atoms with van der Waals surface area (Å²) in [6, 6.07) is 7.76. The van der Waals surface area contributed by atoms with E-state index >= 15 is 0 Å². The van der Waals surface area contributed by atoms with E-state index in [1.54, 1.807) is 11.8 Å². The van der Waals surface area contributed by atoms with E-state index < -0.39 is 0 Å². The lowest BCUT2D eigenvalue weighted by molar-refractivity contribution is -0.142. The number of carbonyl (C=O) groups excluding carboxylic acids is 2. The summed E-state index contributed by atoms with van der Waals surface area (Å²) >= 11 is 0. The first-order valence-corrected chi connectivity index (χ1v) is 5.95. The highest BCUT2D eigenvalue weighted by molar-refractivity contribution is 5.94. The minimum atomic E-state index is -0.325. The fourth-order valence-corrected chi connectivity index (χ4v) is 2.40. The molecule has 1 aromatic rings. The van der Waals surface area contributed by atoms with Crippen LogP contribution in [0.25, 0.3) is 0 Å². The topological polar surface area (TPSA) is 46.6 Å². The summed E-state index contributed by atoms with van der Waals surface area (Å²) in [5.74, 6) is -0.288. The second-order valence-electron chi connectivity index (χ2n) is 4.96. The van der Waals surface area contributed by atoms with Crippen LogP contribution in [0.5, 0.6) is 0 Å². The van der Waals surface area contributed by atoms with E-state index in [1.807, 2.05) is 31.2 Å². The normalized spacial score (nSPS) is 21.6. The molecule has 1 heterocycles. The quantitative estimate of drug-likeness (QED) is 0.749. The van der Waals surface area contributed by atoms with Crippen molar-refractivity contribution in [1.29, 1.82) is 0 Å². The molecular formula is C14H17NO3. The van der Waals surface area contributed by atoms with Crippen molar-refractivity contribution < 1.29 is 14.3 Å². The van der Waals surface area contributed by atoms with Gasteiger partial charge in [-0.15, -0.1) is 0 Å². The van der Waals surface area contributed by atoms with Crippen LogP contribution < -0.4 is 4.90 Å². The standard InChI is InChI=1S/C14H17NO3/c1-10(16)15-8-14(3,9-18-11(2)17)12-6-4-5-7-13(12)15/h4-7H,8-9H2,1-3H3. The number of benzene rings is 1. The second-order valence-corrected chi connectivity index (χ2v) is 4.96. The zero-order chi connectivity index (χ0) is 13.3. The van der Waals surface area contributed by atoms with Crippen LogP contribution in [0.3, 0.4) is 0 Å². The SMILES string of the molecule is CC(=O)OCC1(C)CN(C(C)=O)c2ccccc21. The summed E-state index contributed by atoms with van der Waals surface area (Å²) in [5.41, 5.74) is 1.65. The van der Waals surface area contributed by atoms with Crippen LogP contribution in [0, 0.1) is 0 Å². The molecule has 0 aromatic heterocycles. The van der Waals surface area contributed by atoms with Crippen LogP contribution in [0.2, 0.25) is 0 Å². The molecule has 0 bridgehead atoms. The number of hydrogen-bond acceptors (Lipinski definition) is 3. The number of rotatable bonds is 2. The van der Waals surface area contributed by atoms with Gasteiger partial charge in [-0.05, 0) is 11.6 Å². The van der Waals surface area contributed by atoms with E-state index in [0.29, 0.717) is 13.2 Å². The number of anilines is 1. The van der Waals surface area contributed by atoms with Gasteiger partial charge in [-0.1, -0.05) is 25.1 Å². The summed E-state index contributed by atoms with van der Waals surface area (Å²) in [6.07, 6.45) is 0. The molecule has 0 saturated carbocycles. The molecule has 1 amide bonds. The molecule has 1 aromatic carbocycles. The van der Waals surface area contributed by atoms with Gasteiger partial charge >= 0.3 is 5.97 Å². The Morgan fingerprint density at radius 2 is 2.00 bits per heavy atom. The molecular weight excluding hydrogens is 230 g/mol. The Labute approximate surface area is 107 Å². The number of ether oxygens (including phenoxy) is 1. The Hall–Kier alpha value is -1.84. The Kier molecular flexibility index (Phi) is 3.11. The molecule has 1 atom stereocenters. The molecule has 2 rings (SSSR count). The third-order valence-electron chi connectivity index (χ3n) is 3.33. The summed E-state index contributed by atoms with van der Waals surface area (Å²) in [5, 5.41) is 0.